The molecule has 1 aliphatic heterocycles. The van der Waals surface area contributed by atoms with Crippen molar-refractivity contribution in [2.75, 3.05) is 0 Å². The van der Waals surface area contributed by atoms with Crippen LogP contribution in [0.1, 0.15) is 100 Å². The standard InChI is InChI=1S/C32H46S2Si/c1-6-9-11-12-13-14-16-27-17-19-28(20-18-27)35(23-26(8-3)15-10-7-2)29-21-24(4)33-31(29)32-30(35)22-25(5)34-32/h17-22,26H,6-16,23H2,1-5H3. The predicted octanol–water partition coefficient (Wildman–Crippen LogP) is 9.00. The van der Waals surface area contributed by atoms with Crippen LogP contribution in [0, 0.1) is 19.8 Å². The molecule has 190 valence electrons. The zero-order valence-electron chi connectivity index (χ0n) is 22.8. The summed E-state index contributed by atoms with van der Waals surface area (Å²) in [5.41, 5.74) is 1.54. The minimum Gasteiger partial charge on any atom is -0.140 e. The third-order valence-electron chi connectivity index (χ3n) is 8.24. The van der Waals surface area contributed by atoms with Crippen molar-refractivity contribution >= 4 is 46.3 Å². The Balaban J connectivity index is 1.66. The summed E-state index contributed by atoms with van der Waals surface area (Å²) in [6.07, 6.45) is 14.9. The maximum atomic E-state index is 2.59. The molecule has 3 heterocycles. The molecule has 2 aromatic heterocycles. The molecule has 3 heteroatoms. The summed E-state index contributed by atoms with van der Waals surface area (Å²) in [7, 11) is -2.00. The van der Waals surface area contributed by atoms with Gasteiger partial charge >= 0.3 is 0 Å². The topological polar surface area (TPSA) is 0 Å². The Morgan fingerprint density at radius 1 is 0.714 bits per heavy atom. The molecule has 0 saturated heterocycles. The fourth-order valence-electron chi connectivity index (χ4n) is 6.24. The number of rotatable bonds is 14. The minimum absolute atomic E-state index is 0.823. The second-order valence-electron chi connectivity index (χ2n) is 10.9. The molecule has 1 aromatic carbocycles. The number of thiophene rings is 2. The van der Waals surface area contributed by atoms with Gasteiger partial charge in [0.15, 0.2) is 8.07 Å². The molecule has 0 fully saturated rings. The lowest BCUT2D eigenvalue weighted by Crippen LogP contribution is -2.65. The van der Waals surface area contributed by atoms with Crippen molar-refractivity contribution in [2.45, 2.75) is 111 Å². The molecule has 35 heavy (non-hydrogen) atoms. The van der Waals surface area contributed by atoms with Crippen molar-refractivity contribution in [3.05, 3.63) is 51.7 Å². The van der Waals surface area contributed by atoms with Crippen molar-refractivity contribution in [2.24, 2.45) is 5.92 Å². The molecule has 0 saturated carbocycles. The maximum absolute atomic E-state index is 2.59. The fourth-order valence-corrected chi connectivity index (χ4v) is 15.6. The normalized spacial score (nSPS) is 14.8. The van der Waals surface area contributed by atoms with Gasteiger partial charge in [-0.05, 0) is 71.9 Å². The average Bonchev–Trinajstić information content (AvgIpc) is 3.50. The Hall–Kier alpha value is -1.16. The Kier molecular flexibility index (Phi) is 9.52. The molecule has 0 radical (unpaired) electrons. The van der Waals surface area contributed by atoms with E-state index in [0.717, 1.165) is 5.92 Å². The molecular weight excluding hydrogens is 477 g/mol. The Morgan fingerprint density at radius 2 is 1.29 bits per heavy atom. The number of fused-ring (bicyclic) bond motifs is 3. The monoisotopic (exact) mass is 522 g/mol. The fraction of sp³-hybridized carbons (Fsp3) is 0.562. The lowest BCUT2D eigenvalue weighted by Gasteiger charge is -2.33. The highest BCUT2D eigenvalue weighted by atomic mass is 32.1. The quantitative estimate of drug-likeness (QED) is 0.146. The number of hydrogen-bond acceptors (Lipinski definition) is 2. The van der Waals surface area contributed by atoms with Crippen molar-refractivity contribution in [3.63, 3.8) is 0 Å². The van der Waals surface area contributed by atoms with Crippen LogP contribution in [0.5, 0.6) is 0 Å². The van der Waals surface area contributed by atoms with Gasteiger partial charge in [-0.3, -0.25) is 0 Å². The van der Waals surface area contributed by atoms with Gasteiger partial charge in [-0.15, -0.1) is 22.7 Å². The summed E-state index contributed by atoms with van der Waals surface area (Å²) in [6, 6.07) is 16.6. The minimum atomic E-state index is -2.00. The molecule has 4 rings (SSSR count). The molecule has 0 nitrogen and oxygen atoms in total. The van der Waals surface area contributed by atoms with Gasteiger partial charge in [-0.25, -0.2) is 0 Å². The van der Waals surface area contributed by atoms with Gasteiger partial charge in [-0.2, -0.15) is 0 Å². The van der Waals surface area contributed by atoms with Gasteiger partial charge in [-0.1, -0.05) is 103 Å². The van der Waals surface area contributed by atoms with Crippen molar-refractivity contribution in [3.8, 4) is 9.75 Å². The van der Waals surface area contributed by atoms with E-state index in [2.05, 4.69) is 71.0 Å². The van der Waals surface area contributed by atoms with Gasteiger partial charge in [0, 0.05) is 19.5 Å². The number of hydrogen-bond donors (Lipinski definition) is 0. The summed E-state index contributed by atoms with van der Waals surface area (Å²) >= 11 is 4.10. The Bertz CT molecular complexity index is 1030. The van der Waals surface area contributed by atoms with Gasteiger partial charge in [0.2, 0.25) is 0 Å². The summed E-state index contributed by atoms with van der Waals surface area (Å²) in [5.74, 6) is 0.823. The molecule has 1 unspecified atom stereocenters. The van der Waals surface area contributed by atoms with E-state index in [-0.39, 0.29) is 0 Å². The van der Waals surface area contributed by atoms with Gasteiger partial charge < -0.3 is 0 Å². The van der Waals surface area contributed by atoms with Crippen LogP contribution in [0.3, 0.4) is 0 Å². The first-order chi connectivity index (χ1) is 17.0. The van der Waals surface area contributed by atoms with Gasteiger partial charge in [0.25, 0.3) is 0 Å². The second-order valence-corrected chi connectivity index (χ2v) is 17.3. The summed E-state index contributed by atoms with van der Waals surface area (Å²) in [5, 5.41) is 5.13. The number of unbranched alkanes of at least 4 members (excludes halogenated alkanes) is 6. The zero-order valence-corrected chi connectivity index (χ0v) is 25.5. The van der Waals surface area contributed by atoms with Crippen LogP contribution in [0.25, 0.3) is 9.75 Å². The third kappa shape index (κ3) is 5.73. The molecule has 0 aliphatic carbocycles. The van der Waals surface area contributed by atoms with E-state index in [4.69, 9.17) is 0 Å². The van der Waals surface area contributed by atoms with Crippen LogP contribution < -0.4 is 15.6 Å². The van der Waals surface area contributed by atoms with Crippen LogP contribution in [0.4, 0.5) is 0 Å². The lowest BCUT2D eigenvalue weighted by molar-refractivity contribution is 0.488. The van der Waals surface area contributed by atoms with Gasteiger partial charge in [0.1, 0.15) is 0 Å². The largest absolute Gasteiger partial charge is 0.152 e. The first kappa shape index (κ1) is 26.9. The summed E-state index contributed by atoms with van der Waals surface area (Å²) in [6.45, 7) is 11.7. The van der Waals surface area contributed by atoms with E-state index in [0.29, 0.717) is 0 Å². The van der Waals surface area contributed by atoms with Crippen LogP contribution >= 0.6 is 22.7 Å². The molecule has 1 atom stereocenters. The third-order valence-corrected chi connectivity index (χ3v) is 16.0. The second kappa shape index (κ2) is 12.4. The Morgan fingerprint density at radius 3 is 1.86 bits per heavy atom. The van der Waals surface area contributed by atoms with E-state index in [9.17, 15) is 0 Å². The first-order valence-electron chi connectivity index (χ1n) is 14.3. The molecule has 0 spiro atoms. The highest BCUT2D eigenvalue weighted by Crippen LogP contribution is 2.42. The molecule has 3 aromatic rings. The molecule has 0 N–H and O–H groups in total. The van der Waals surface area contributed by atoms with Crippen LogP contribution in [0.15, 0.2) is 36.4 Å². The van der Waals surface area contributed by atoms with Crippen molar-refractivity contribution < 1.29 is 0 Å². The Labute approximate surface area is 224 Å². The molecule has 0 bridgehead atoms. The van der Waals surface area contributed by atoms with Crippen LogP contribution in [0.2, 0.25) is 6.04 Å². The molecule has 1 aliphatic rings. The summed E-state index contributed by atoms with van der Waals surface area (Å²) in [4.78, 5) is 6.21. The predicted molar refractivity (Wildman–Crippen MR) is 163 cm³/mol. The van der Waals surface area contributed by atoms with Crippen molar-refractivity contribution in [1.82, 2.24) is 0 Å². The van der Waals surface area contributed by atoms with Crippen molar-refractivity contribution in [1.29, 1.82) is 0 Å². The van der Waals surface area contributed by atoms with Crippen LogP contribution in [-0.2, 0) is 6.42 Å². The average molecular weight is 523 g/mol. The van der Waals surface area contributed by atoms with E-state index in [1.165, 1.54) is 92.0 Å². The van der Waals surface area contributed by atoms with E-state index in [1.54, 1.807) is 25.3 Å². The van der Waals surface area contributed by atoms with E-state index in [1.807, 2.05) is 22.7 Å². The molecule has 0 amide bonds. The number of aryl methyl sites for hydroxylation is 3. The summed E-state index contributed by atoms with van der Waals surface area (Å²) < 4.78 is 0. The number of benzene rings is 1. The smallest absolute Gasteiger partial charge is 0.140 e. The lowest BCUT2D eigenvalue weighted by atomic mass is 10.0. The maximum Gasteiger partial charge on any atom is 0.152 e. The van der Waals surface area contributed by atoms with Crippen LogP contribution in [-0.4, -0.2) is 8.07 Å². The van der Waals surface area contributed by atoms with E-state index < -0.39 is 8.07 Å². The highest BCUT2D eigenvalue weighted by Gasteiger charge is 2.50. The van der Waals surface area contributed by atoms with Gasteiger partial charge in [0.05, 0.1) is 0 Å². The zero-order chi connectivity index (χ0) is 24.8. The highest BCUT2D eigenvalue weighted by molar-refractivity contribution is 7.31. The SMILES string of the molecule is CCCCCCCCc1ccc([Si]2(CC(CC)CCCC)c3cc(C)sc3-c3sc(C)cc32)cc1. The van der Waals surface area contributed by atoms with E-state index >= 15 is 0 Å². The first-order valence-corrected chi connectivity index (χ1v) is 18.2. The molecular formula is C32H46S2Si.